The molecule has 0 spiro atoms. The summed E-state index contributed by atoms with van der Waals surface area (Å²) in [4.78, 5) is 12.1. The van der Waals surface area contributed by atoms with E-state index in [1.54, 1.807) is 10.9 Å². The molecule has 0 bridgehead atoms. The lowest BCUT2D eigenvalue weighted by atomic mass is 10.1. The maximum absolute atomic E-state index is 13.0. The average molecular weight is 373 g/mol. The van der Waals surface area contributed by atoms with Crippen molar-refractivity contribution in [3.05, 3.63) is 77.5 Å². The van der Waals surface area contributed by atoms with E-state index in [2.05, 4.69) is 10.4 Å². The van der Waals surface area contributed by atoms with Crippen molar-refractivity contribution in [3.8, 4) is 11.3 Å². The van der Waals surface area contributed by atoms with E-state index in [0.29, 0.717) is 6.42 Å². The number of alkyl halides is 3. The first-order chi connectivity index (χ1) is 12.9. The number of amides is 1. The number of carbonyl (C=O) groups excluding carboxylic acids is 1. The molecule has 3 rings (SSSR count). The molecule has 2 aromatic carbocycles. The van der Waals surface area contributed by atoms with Gasteiger partial charge in [-0.05, 0) is 35.7 Å². The molecule has 140 valence electrons. The Morgan fingerprint density at radius 3 is 2.41 bits per heavy atom. The molecule has 4 nitrogen and oxygen atoms in total. The molecule has 0 unspecified atom stereocenters. The van der Waals surface area contributed by atoms with Crippen molar-refractivity contribution in [2.45, 2.75) is 12.6 Å². The zero-order valence-electron chi connectivity index (χ0n) is 14.6. The summed E-state index contributed by atoms with van der Waals surface area (Å²) in [5.74, 6) is -0.727. The van der Waals surface area contributed by atoms with Crippen LogP contribution in [0, 0.1) is 0 Å². The van der Waals surface area contributed by atoms with Crippen LogP contribution in [0.5, 0.6) is 0 Å². The third-order valence-corrected chi connectivity index (χ3v) is 4.25. The third-order valence-electron chi connectivity index (χ3n) is 4.25. The highest BCUT2D eigenvalue weighted by molar-refractivity contribution is 5.95. The lowest BCUT2D eigenvalue weighted by molar-refractivity contribution is -0.137. The van der Waals surface area contributed by atoms with Crippen molar-refractivity contribution in [1.82, 2.24) is 15.1 Å². The molecular formula is C20H18F3N3O. The van der Waals surface area contributed by atoms with Crippen LogP contribution in [0.15, 0.2) is 60.8 Å². The Hall–Kier alpha value is -3.09. The molecule has 1 amide bonds. The van der Waals surface area contributed by atoms with Crippen LogP contribution < -0.4 is 5.32 Å². The molecule has 0 saturated carbocycles. The monoisotopic (exact) mass is 373 g/mol. The zero-order chi connectivity index (χ0) is 19.4. The van der Waals surface area contributed by atoms with E-state index in [9.17, 15) is 18.0 Å². The molecule has 0 aliphatic heterocycles. The van der Waals surface area contributed by atoms with Crippen molar-refractivity contribution in [2.75, 3.05) is 6.54 Å². The standard InChI is InChI=1S/C20H18F3N3O/c1-26-18(11-13-25-26)15-8-6-14(7-9-15)10-12-24-19(27)16-4-2-3-5-17(16)20(21,22)23/h2-9,11,13H,10,12H2,1H3,(H,24,27). The minimum atomic E-state index is -4.56. The fourth-order valence-electron chi connectivity index (χ4n) is 2.84. The van der Waals surface area contributed by atoms with E-state index in [1.165, 1.54) is 18.2 Å². The second-order valence-corrected chi connectivity index (χ2v) is 6.09. The van der Waals surface area contributed by atoms with Gasteiger partial charge in [0.15, 0.2) is 0 Å². The lowest BCUT2D eigenvalue weighted by Gasteiger charge is -2.12. The van der Waals surface area contributed by atoms with Crippen LogP contribution in [0.4, 0.5) is 13.2 Å². The molecule has 1 N–H and O–H groups in total. The summed E-state index contributed by atoms with van der Waals surface area (Å²) in [7, 11) is 1.86. The van der Waals surface area contributed by atoms with Crippen LogP contribution in [-0.2, 0) is 19.6 Å². The number of nitrogens with one attached hydrogen (secondary N) is 1. The fraction of sp³-hybridized carbons (Fsp3) is 0.200. The Bertz CT molecular complexity index is 930. The molecule has 1 aromatic heterocycles. The molecule has 0 atom stereocenters. The van der Waals surface area contributed by atoms with Gasteiger partial charge in [-0.2, -0.15) is 18.3 Å². The van der Waals surface area contributed by atoms with E-state index in [0.717, 1.165) is 22.9 Å². The predicted octanol–water partition coefficient (Wildman–Crippen LogP) is 4.08. The zero-order valence-corrected chi connectivity index (χ0v) is 14.6. The van der Waals surface area contributed by atoms with Gasteiger partial charge in [-0.25, -0.2) is 0 Å². The van der Waals surface area contributed by atoms with Crippen LogP contribution in [0.2, 0.25) is 0 Å². The van der Waals surface area contributed by atoms with Crippen molar-refractivity contribution >= 4 is 5.91 Å². The molecule has 0 radical (unpaired) electrons. The van der Waals surface area contributed by atoms with Crippen LogP contribution in [0.3, 0.4) is 0 Å². The van der Waals surface area contributed by atoms with Crippen molar-refractivity contribution in [2.24, 2.45) is 7.05 Å². The Labute approximate surface area is 154 Å². The summed E-state index contributed by atoms with van der Waals surface area (Å²) >= 11 is 0. The number of hydrogen-bond acceptors (Lipinski definition) is 2. The van der Waals surface area contributed by atoms with Gasteiger partial charge in [0.2, 0.25) is 0 Å². The smallest absolute Gasteiger partial charge is 0.352 e. The highest BCUT2D eigenvalue weighted by Gasteiger charge is 2.34. The van der Waals surface area contributed by atoms with Gasteiger partial charge in [-0.3, -0.25) is 9.48 Å². The lowest BCUT2D eigenvalue weighted by Crippen LogP contribution is -2.28. The van der Waals surface area contributed by atoms with Crippen LogP contribution in [0.25, 0.3) is 11.3 Å². The van der Waals surface area contributed by atoms with Crippen LogP contribution >= 0.6 is 0 Å². The van der Waals surface area contributed by atoms with Gasteiger partial charge in [0.25, 0.3) is 5.91 Å². The van der Waals surface area contributed by atoms with Gasteiger partial charge < -0.3 is 5.32 Å². The van der Waals surface area contributed by atoms with E-state index in [-0.39, 0.29) is 12.1 Å². The van der Waals surface area contributed by atoms with Crippen LogP contribution in [-0.4, -0.2) is 22.2 Å². The molecule has 0 fully saturated rings. The van der Waals surface area contributed by atoms with Crippen molar-refractivity contribution in [3.63, 3.8) is 0 Å². The molecule has 0 aliphatic rings. The van der Waals surface area contributed by atoms with Crippen LogP contribution in [0.1, 0.15) is 21.5 Å². The number of halogens is 3. The minimum absolute atomic E-state index is 0.246. The predicted molar refractivity (Wildman–Crippen MR) is 96.1 cm³/mol. The van der Waals surface area contributed by atoms with Gasteiger partial charge in [-0.15, -0.1) is 0 Å². The van der Waals surface area contributed by atoms with E-state index < -0.39 is 17.6 Å². The molecule has 1 heterocycles. The number of rotatable bonds is 5. The molecule has 7 heteroatoms. The van der Waals surface area contributed by atoms with Gasteiger partial charge in [0.05, 0.1) is 16.8 Å². The number of nitrogens with zero attached hydrogens (tertiary/aromatic N) is 2. The Balaban J connectivity index is 1.61. The largest absolute Gasteiger partial charge is 0.417 e. The number of benzene rings is 2. The van der Waals surface area contributed by atoms with Gasteiger partial charge in [0, 0.05) is 19.8 Å². The second kappa shape index (κ2) is 7.65. The average Bonchev–Trinajstić information content (AvgIpc) is 3.07. The molecule has 27 heavy (non-hydrogen) atoms. The molecule has 0 saturated heterocycles. The summed E-state index contributed by atoms with van der Waals surface area (Å²) in [6.45, 7) is 0.246. The Kier molecular flexibility index (Phi) is 5.30. The van der Waals surface area contributed by atoms with Crippen molar-refractivity contribution < 1.29 is 18.0 Å². The maximum Gasteiger partial charge on any atom is 0.417 e. The number of aryl methyl sites for hydroxylation is 1. The Morgan fingerprint density at radius 1 is 1.07 bits per heavy atom. The summed E-state index contributed by atoms with van der Waals surface area (Å²) in [6.07, 6.45) is -2.32. The summed E-state index contributed by atoms with van der Waals surface area (Å²) in [6, 6.07) is 14.4. The SMILES string of the molecule is Cn1nccc1-c1ccc(CCNC(=O)c2ccccc2C(F)(F)F)cc1. The first-order valence-electron chi connectivity index (χ1n) is 8.38. The highest BCUT2D eigenvalue weighted by atomic mass is 19.4. The van der Waals surface area contributed by atoms with Crippen molar-refractivity contribution in [1.29, 1.82) is 0 Å². The maximum atomic E-state index is 13.0. The van der Waals surface area contributed by atoms with E-state index in [4.69, 9.17) is 0 Å². The van der Waals surface area contributed by atoms with Gasteiger partial charge >= 0.3 is 6.18 Å². The molecule has 0 aliphatic carbocycles. The number of carbonyl (C=O) groups is 1. The number of hydrogen-bond donors (Lipinski definition) is 1. The first-order valence-corrected chi connectivity index (χ1v) is 8.38. The highest BCUT2D eigenvalue weighted by Crippen LogP contribution is 2.31. The van der Waals surface area contributed by atoms with Gasteiger partial charge in [0.1, 0.15) is 0 Å². The normalized spacial score (nSPS) is 11.4. The molecular weight excluding hydrogens is 355 g/mol. The minimum Gasteiger partial charge on any atom is -0.352 e. The quantitative estimate of drug-likeness (QED) is 0.733. The topological polar surface area (TPSA) is 46.9 Å². The summed E-state index contributed by atoms with van der Waals surface area (Å²) in [5, 5.41) is 6.68. The van der Waals surface area contributed by atoms with E-state index in [1.807, 2.05) is 37.4 Å². The number of aromatic nitrogens is 2. The first kappa shape index (κ1) is 18.7. The molecule has 3 aromatic rings. The van der Waals surface area contributed by atoms with E-state index >= 15 is 0 Å². The fourth-order valence-corrected chi connectivity index (χ4v) is 2.84. The van der Waals surface area contributed by atoms with Gasteiger partial charge in [-0.1, -0.05) is 36.4 Å². The second-order valence-electron chi connectivity index (χ2n) is 6.09. The Morgan fingerprint density at radius 2 is 1.78 bits per heavy atom. The summed E-state index contributed by atoms with van der Waals surface area (Å²) < 4.78 is 40.7. The summed E-state index contributed by atoms with van der Waals surface area (Å²) in [5.41, 5.74) is 1.69. The third kappa shape index (κ3) is 4.36.